The predicted octanol–water partition coefficient (Wildman–Crippen LogP) is 0.364. The van der Waals surface area contributed by atoms with Crippen molar-refractivity contribution in [2.75, 3.05) is 4.43 Å². The maximum Gasteiger partial charge on any atom is 0.333 e. The van der Waals surface area contributed by atoms with E-state index in [0.717, 1.165) is 0 Å². The van der Waals surface area contributed by atoms with Crippen LogP contribution >= 0.6 is 22.6 Å². The zero-order valence-electron chi connectivity index (χ0n) is 6.64. The number of hydrogen-bond donors (Lipinski definition) is 2. The fraction of sp³-hybridized carbons (Fsp3) is 0.714. The largest absolute Gasteiger partial charge is 0.481 e. The van der Waals surface area contributed by atoms with Crippen LogP contribution in [-0.4, -0.2) is 38.8 Å². The number of carbonyl (C=O) groups is 2. The van der Waals surface area contributed by atoms with Crippen LogP contribution in [0.3, 0.4) is 0 Å². The SMILES string of the molecule is O=C(O)C1CC(CI)OC1C(=O)O. The average Bonchev–Trinajstić information content (AvgIpc) is 2.47. The lowest BCUT2D eigenvalue weighted by molar-refractivity contribution is -0.157. The molecule has 0 aliphatic carbocycles. The van der Waals surface area contributed by atoms with Crippen molar-refractivity contribution in [3.63, 3.8) is 0 Å². The van der Waals surface area contributed by atoms with Crippen LogP contribution in [0.2, 0.25) is 0 Å². The van der Waals surface area contributed by atoms with Gasteiger partial charge in [-0.2, -0.15) is 0 Å². The maximum atomic E-state index is 10.6. The molecule has 1 aliphatic rings. The Kier molecular flexibility index (Phi) is 3.48. The third kappa shape index (κ3) is 2.31. The molecule has 2 N–H and O–H groups in total. The van der Waals surface area contributed by atoms with Gasteiger partial charge in [0.15, 0.2) is 6.10 Å². The van der Waals surface area contributed by atoms with Crippen LogP contribution in [0.4, 0.5) is 0 Å². The van der Waals surface area contributed by atoms with Gasteiger partial charge in [0.25, 0.3) is 0 Å². The summed E-state index contributed by atoms with van der Waals surface area (Å²) in [4.78, 5) is 21.2. The van der Waals surface area contributed by atoms with Crippen molar-refractivity contribution in [3.05, 3.63) is 0 Å². The highest BCUT2D eigenvalue weighted by Gasteiger charge is 2.43. The number of halogens is 1. The summed E-state index contributed by atoms with van der Waals surface area (Å²) in [7, 11) is 0. The Morgan fingerprint density at radius 3 is 2.31 bits per heavy atom. The summed E-state index contributed by atoms with van der Waals surface area (Å²) in [5.41, 5.74) is 0. The first-order valence-electron chi connectivity index (χ1n) is 3.73. The third-order valence-corrected chi connectivity index (χ3v) is 2.94. The van der Waals surface area contributed by atoms with E-state index in [4.69, 9.17) is 14.9 Å². The van der Waals surface area contributed by atoms with Gasteiger partial charge in [0, 0.05) is 4.43 Å². The molecule has 0 saturated carbocycles. The summed E-state index contributed by atoms with van der Waals surface area (Å²) in [5.74, 6) is -3.20. The molecule has 5 nitrogen and oxygen atoms in total. The molecule has 0 aromatic rings. The molecule has 3 atom stereocenters. The fourth-order valence-electron chi connectivity index (χ4n) is 1.32. The van der Waals surface area contributed by atoms with Gasteiger partial charge in [0.2, 0.25) is 0 Å². The molecule has 74 valence electrons. The van der Waals surface area contributed by atoms with E-state index in [1.165, 1.54) is 0 Å². The lowest BCUT2D eigenvalue weighted by Crippen LogP contribution is -2.31. The first-order chi connectivity index (χ1) is 6.06. The zero-order valence-corrected chi connectivity index (χ0v) is 8.80. The van der Waals surface area contributed by atoms with Crippen molar-refractivity contribution in [2.24, 2.45) is 5.92 Å². The molecule has 1 rings (SSSR count). The Labute approximate surface area is 88.2 Å². The van der Waals surface area contributed by atoms with Gasteiger partial charge in [-0.05, 0) is 6.42 Å². The summed E-state index contributed by atoms with van der Waals surface area (Å²) in [5, 5.41) is 17.4. The van der Waals surface area contributed by atoms with Crippen LogP contribution in [0.5, 0.6) is 0 Å². The molecule has 0 spiro atoms. The first kappa shape index (κ1) is 10.7. The second kappa shape index (κ2) is 4.23. The van der Waals surface area contributed by atoms with Gasteiger partial charge in [-0.25, -0.2) is 4.79 Å². The smallest absolute Gasteiger partial charge is 0.333 e. The van der Waals surface area contributed by atoms with E-state index >= 15 is 0 Å². The normalized spacial score (nSPS) is 33.2. The van der Waals surface area contributed by atoms with Gasteiger partial charge in [-0.1, -0.05) is 22.6 Å². The second-order valence-corrected chi connectivity index (χ2v) is 3.73. The van der Waals surface area contributed by atoms with Crippen LogP contribution in [0, 0.1) is 5.92 Å². The highest BCUT2D eigenvalue weighted by molar-refractivity contribution is 14.1. The quantitative estimate of drug-likeness (QED) is 0.581. The van der Waals surface area contributed by atoms with E-state index in [1.807, 2.05) is 22.6 Å². The Morgan fingerprint density at radius 1 is 1.38 bits per heavy atom. The number of hydrogen-bond acceptors (Lipinski definition) is 3. The Bertz CT molecular complexity index is 207. The van der Waals surface area contributed by atoms with E-state index in [9.17, 15) is 9.59 Å². The minimum atomic E-state index is -1.19. The van der Waals surface area contributed by atoms with Gasteiger partial charge in [-0.15, -0.1) is 0 Å². The van der Waals surface area contributed by atoms with E-state index in [1.54, 1.807) is 0 Å². The summed E-state index contributed by atoms with van der Waals surface area (Å²) in [6.45, 7) is 0. The van der Waals surface area contributed by atoms with Crippen molar-refractivity contribution in [2.45, 2.75) is 18.6 Å². The number of ether oxygens (including phenoxy) is 1. The molecule has 0 amide bonds. The summed E-state index contributed by atoms with van der Waals surface area (Å²) in [6.07, 6.45) is -1.14. The molecular formula is C7H9IO5. The van der Waals surface area contributed by atoms with E-state index in [2.05, 4.69) is 0 Å². The van der Waals surface area contributed by atoms with E-state index in [0.29, 0.717) is 4.43 Å². The van der Waals surface area contributed by atoms with Crippen LogP contribution in [0.15, 0.2) is 0 Å². The van der Waals surface area contributed by atoms with Gasteiger partial charge >= 0.3 is 11.9 Å². The van der Waals surface area contributed by atoms with Crippen LogP contribution in [0.25, 0.3) is 0 Å². The first-order valence-corrected chi connectivity index (χ1v) is 5.26. The minimum Gasteiger partial charge on any atom is -0.481 e. The molecule has 1 fully saturated rings. The summed E-state index contributed by atoms with van der Waals surface area (Å²) in [6, 6.07) is 0. The molecule has 0 radical (unpaired) electrons. The van der Waals surface area contributed by atoms with Crippen molar-refractivity contribution in [3.8, 4) is 0 Å². The molecule has 1 aliphatic heterocycles. The molecule has 0 bridgehead atoms. The molecular weight excluding hydrogens is 291 g/mol. The standard InChI is InChI=1S/C7H9IO5/c8-2-3-1-4(6(9)10)5(13-3)7(11)12/h3-5H,1-2H2,(H,9,10)(H,11,12). The fourth-order valence-corrected chi connectivity index (χ4v) is 1.89. The molecule has 0 aromatic heterocycles. The van der Waals surface area contributed by atoms with E-state index in [-0.39, 0.29) is 12.5 Å². The lowest BCUT2D eigenvalue weighted by Gasteiger charge is -2.09. The average molecular weight is 300 g/mol. The topological polar surface area (TPSA) is 83.8 Å². The highest BCUT2D eigenvalue weighted by atomic mass is 127. The number of aliphatic carboxylic acids is 2. The Hall–Kier alpha value is -0.370. The third-order valence-electron chi connectivity index (χ3n) is 1.95. The number of carboxylic acid groups (broad SMARTS) is 2. The molecule has 1 heterocycles. The molecule has 3 unspecified atom stereocenters. The van der Waals surface area contributed by atoms with Gasteiger partial charge in [0.05, 0.1) is 12.0 Å². The Balaban J connectivity index is 2.71. The van der Waals surface area contributed by atoms with Crippen molar-refractivity contribution in [1.29, 1.82) is 0 Å². The Morgan fingerprint density at radius 2 is 2.00 bits per heavy atom. The summed E-state index contributed by atoms with van der Waals surface area (Å²) >= 11 is 2.05. The summed E-state index contributed by atoms with van der Waals surface area (Å²) < 4.78 is 5.67. The van der Waals surface area contributed by atoms with Crippen molar-refractivity contribution in [1.82, 2.24) is 0 Å². The molecule has 13 heavy (non-hydrogen) atoms. The zero-order chi connectivity index (χ0) is 10.0. The van der Waals surface area contributed by atoms with Crippen LogP contribution in [-0.2, 0) is 14.3 Å². The van der Waals surface area contributed by atoms with Gasteiger partial charge in [-0.3, -0.25) is 4.79 Å². The minimum absolute atomic E-state index is 0.247. The number of carboxylic acids is 2. The van der Waals surface area contributed by atoms with Gasteiger partial charge < -0.3 is 14.9 Å². The van der Waals surface area contributed by atoms with Crippen LogP contribution < -0.4 is 0 Å². The number of rotatable bonds is 3. The van der Waals surface area contributed by atoms with Gasteiger partial charge in [0.1, 0.15) is 0 Å². The van der Waals surface area contributed by atoms with Crippen molar-refractivity contribution >= 4 is 34.5 Å². The predicted molar refractivity (Wildman–Crippen MR) is 50.9 cm³/mol. The molecule has 0 aromatic carbocycles. The molecule has 1 saturated heterocycles. The maximum absolute atomic E-state index is 10.6. The van der Waals surface area contributed by atoms with E-state index < -0.39 is 24.0 Å². The number of alkyl halides is 1. The highest BCUT2D eigenvalue weighted by Crippen LogP contribution is 2.28. The lowest BCUT2D eigenvalue weighted by atomic mass is 10.0. The van der Waals surface area contributed by atoms with Crippen molar-refractivity contribution < 1.29 is 24.5 Å². The monoisotopic (exact) mass is 300 g/mol. The van der Waals surface area contributed by atoms with Crippen LogP contribution in [0.1, 0.15) is 6.42 Å². The molecule has 6 heteroatoms. The second-order valence-electron chi connectivity index (χ2n) is 2.85.